The zero-order chi connectivity index (χ0) is 11.1. The molecule has 2 rings (SSSR count). The van der Waals surface area contributed by atoms with Crippen LogP contribution in [-0.4, -0.2) is 48.9 Å². The fraction of sp³-hybridized carbons (Fsp3) is 0.625. The molecule has 7 heteroatoms. The number of aromatic nitrogens is 2. The van der Waals surface area contributed by atoms with Crippen molar-refractivity contribution < 1.29 is 18.3 Å². The molecule has 15 heavy (non-hydrogen) atoms. The minimum absolute atomic E-state index is 0.154. The monoisotopic (exact) mass is 232 g/mol. The van der Waals surface area contributed by atoms with Gasteiger partial charge in [0.05, 0.1) is 19.4 Å². The van der Waals surface area contributed by atoms with Crippen molar-refractivity contribution in [1.82, 2.24) is 9.78 Å². The van der Waals surface area contributed by atoms with Crippen LogP contribution in [0.4, 0.5) is 0 Å². The van der Waals surface area contributed by atoms with E-state index in [0.717, 1.165) is 6.26 Å². The second kappa shape index (κ2) is 3.58. The average Bonchev–Trinajstić information content (AvgIpc) is 2.69. The van der Waals surface area contributed by atoms with E-state index >= 15 is 0 Å². The van der Waals surface area contributed by atoms with Crippen molar-refractivity contribution in [2.24, 2.45) is 0 Å². The van der Waals surface area contributed by atoms with Gasteiger partial charge in [0.1, 0.15) is 17.0 Å². The Morgan fingerprint density at radius 2 is 2.33 bits per heavy atom. The lowest BCUT2D eigenvalue weighted by atomic mass is 10.2. The van der Waals surface area contributed by atoms with Gasteiger partial charge in [-0.1, -0.05) is 0 Å². The van der Waals surface area contributed by atoms with Crippen molar-refractivity contribution in [3.05, 3.63) is 12.4 Å². The molecule has 1 fully saturated rings. The first-order chi connectivity index (χ1) is 6.98. The Bertz CT molecular complexity index is 453. The molecule has 2 heterocycles. The highest BCUT2D eigenvalue weighted by Crippen LogP contribution is 2.20. The number of hydrogen-bond donors (Lipinski definition) is 1. The van der Waals surface area contributed by atoms with Crippen LogP contribution < -0.4 is 0 Å². The van der Waals surface area contributed by atoms with E-state index in [9.17, 15) is 13.5 Å². The third-order valence-corrected chi connectivity index (χ3v) is 3.43. The Hall–Kier alpha value is -0.920. The van der Waals surface area contributed by atoms with Crippen LogP contribution in [0.1, 0.15) is 6.04 Å². The quantitative estimate of drug-likeness (QED) is 0.723. The molecule has 6 nitrogen and oxygen atoms in total. The molecule has 1 saturated heterocycles. The van der Waals surface area contributed by atoms with Crippen molar-refractivity contribution in [2.75, 3.05) is 19.5 Å². The van der Waals surface area contributed by atoms with Crippen molar-refractivity contribution in [3.63, 3.8) is 0 Å². The molecule has 0 bridgehead atoms. The zero-order valence-corrected chi connectivity index (χ0v) is 9.01. The number of rotatable bonds is 2. The van der Waals surface area contributed by atoms with Crippen LogP contribution >= 0.6 is 0 Å². The SMILES string of the molecule is CS(=O)(=O)c1cnn(C2COCC2O)c1. The average molecular weight is 232 g/mol. The van der Waals surface area contributed by atoms with Gasteiger partial charge in [0, 0.05) is 12.5 Å². The third-order valence-electron chi connectivity index (χ3n) is 2.37. The molecule has 1 aromatic heterocycles. The predicted octanol–water partition coefficient (Wildman–Crippen LogP) is -0.781. The normalized spacial score (nSPS) is 27.1. The number of ether oxygens (including phenoxy) is 1. The largest absolute Gasteiger partial charge is 0.388 e. The Kier molecular flexibility index (Phi) is 2.53. The third kappa shape index (κ3) is 2.04. The van der Waals surface area contributed by atoms with E-state index < -0.39 is 15.9 Å². The van der Waals surface area contributed by atoms with Crippen LogP contribution in [0, 0.1) is 0 Å². The Morgan fingerprint density at radius 1 is 1.60 bits per heavy atom. The van der Waals surface area contributed by atoms with Gasteiger partial charge in [-0.2, -0.15) is 5.10 Å². The maximum atomic E-state index is 11.2. The Morgan fingerprint density at radius 3 is 2.80 bits per heavy atom. The van der Waals surface area contributed by atoms with Gasteiger partial charge in [-0.3, -0.25) is 4.68 Å². The fourth-order valence-electron chi connectivity index (χ4n) is 1.48. The molecule has 0 radical (unpaired) electrons. The van der Waals surface area contributed by atoms with Crippen molar-refractivity contribution in [3.8, 4) is 0 Å². The van der Waals surface area contributed by atoms with Crippen LogP contribution in [-0.2, 0) is 14.6 Å². The van der Waals surface area contributed by atoms with Gasteiger partial charge in [-0.25, -0.2) is 8.42 Å². The topological polar surface area (TPSA) is 81.4 Å². The minimum atomic E-state index is -3.23. The van der Waals surface area contributed by atoms with E-state index in [0.29, 0.717) is 6.61 Å². The molecule has 2 unspecified atom stereocenters. The summed E-state index contributed by atoms with van der Waals surface area (Å²) >= 11 is 0. The number of hydrogen-bond acceptors (Lipinski definition) is 5. The molecular formula is C8H12N2O4S. The summed E-state index contributed by atoms with van der Waals surface area (Å²) < 4.78 is 28.9. The summed E-state index contributed by atoms with van der Waals surface area (Å²) in [5.74, 6) is 0. The number of nitrogens with zero attached hydrogens (tertiary/aromatic N) is 2. The summed E-state index contributed by atoms with van der Waals surface area (Å²) in [5.41, 5.74) is 0. The lowest BCUT2D eigenvalue weighted by Gasteiger charge is -2.11. The summed E-state index contributed by atoms with van der Waals surface area (Å²) in [5, 5.41) is 13.4. The summed E-state index contributed by atoms with van der Waals surface area (Å²) in [6.45, 7) is 0.616. The summed E-state index contributed by atoms with van der Waals surface area (Å²) in [4.78, 5) is 0.154. The first-order valence-corrected chi connectivity index (χ1v) is 6.37. The van der Waals surface area contributed by atoms with Crippen LogP contribution in [0.3, 0.4) is 0 Å². The molecule has 0 spiro atoms. The molecule has 1 aliphatic rings. The van der Waals surface area contributed by atoms with Gasteiger partial charge in [0.25, 0.3) is 0 Å². The highest BCUT2D eigenvalue weighted by Gasteiger charge is 2.29. The van der Waals surface area contributed by atoms with E-state index in [-0.39, 0.29) is 17.5 Å². The molecule has 0 aliphatic carbocycles. The molecule has 0 amide bonds. The summed E-state index contributed by atoms with van der Waals surface area (Å²) in [6, 6.07) is -0.291. The van der Waals surface area contributed by atoms with Gasteiger partial charge >= 0.3 is 0 Å². The number of aliphatic hydroxyl groups excluding tert-OH is 1. The van der Waals surface area contributed by atoms with Crippen LogP contribution in [0.5, 0.6) is 0 Å². The second-order valence-electron chi connectivity index (χ2n) is 3.60. The summed E-state index contributed by atoms with van der Waals surface area (Å²) in [7, 11) is -3.23. The maximum absolute atomic E-state index is 11.2. The van der Waals surface area contributed by atoms with E-state index in [2.05, 4.69) is 5.10 Å². The standard InChI is InChI=1S/C8H12N2O4S/c1-15(12,13)6-2-9-10(3-6)7-4-14-5-8(7)11/h2-3,7-8,11H,4-5H2,1H3. The van der Waals surface area contributed by atoms with Crippen molar-refractivity contribution in [2.45, 2.75) is 17.0 Å². The fourth-order valence-corrected chi connectivity index (χ4v) is 2.02. The molecule has 0 saturated carbocycles. The second-order valence-corrected chi connectivity index (χ2v) is 5.62. The number of aliphatic hydroxyl groups is 1. The minimum Gasteiger partial charge on any atom is -0.388 e. The zero-order valence-electron chi connectivity index (χ0n) is 8.20. The lowest BCUT2D eigenvalue weighted by molar-refractivity contribution is 0.118. The van der Waals surface area contributed by atoms with Crippen molar-refractivity contribution >= 4 is 9.84 Å². The van der Waals surface area contributed by atoms with Crippen LogP contribution in [0.2, 0.25) is 0 Å². The lowest BCUT2D eigenvalue weighted by Crippen LogP contribution is -2.22. The molecule has 1 aromatic rings. The smallest absolute Gasteiger partial charge is 0.178 e. The van der Waals surface area contributed by atoms with E-state index in [1.165, 1.54) is 17.1 Å². The first-order valence-electron chi connectivity index (χ1n) is 4.48. The van der Waals surface area contributed by atoms with E-state index in [1.807, 2.05) is 0 Å². The first kappa shape index (κ1) is 10.6. The molecular weight excluding hydrogens is 220 g/mol. The molecule has 2 atom stereocenters. The highest BCUT2D eigenvalue weighted by molar-refractivity contribution is 7.90. The Balaban J connectivity index is 2.28. The van der Waals surface area contributed by atoms with Crippen LogP contribution in [0.25, 0.3) is 0 Å². The van der Waals surface area contributed by atoms with Gasteiger partial charge in [-0.05, 0) is 0 Å². The predicted molar refractivity (Wildman–Crippen MR) is 51.2 cm³/mol. The summed E-state index contributed by atoms with van der Waals surface area (Å²) in [6.07, 6.45) is 3.19. The molecule has 84 valence electrons. The van der Waals surface area contributed by atoms with Crippen LogP contribution in [0.15, 0.2) is 17.3 Å². The maximum Gasteiger partial charge on any atom is 0.178 e. The Labute approximate surface area is 87.4 Å². The van der Waals surface area contributed by atoms with Gasteiger partial charge in [0.2, 0.25) is 0 Å². The van der Waals surface area contributed by atoms with Gasteiger partial charge in [-0.15, -0.1) is 0 Å². The molecule has 1 N–H and O–H groups in total. The molecule has 1 aliphatic heterocycles. The highest BCUT2D eigenvalue weighted by atomic mass is 32.2. The van der Waals surface area contributed by atoms with E-state index in [4.69, 9.17) is 4.74 Å². The van der Waals surface area contributed by atoms with E-state index in [1.54, 1.807) is 0 Å². The van der Waals surface area contributed by atoms with Gasteiger partial charge < -0.3 is 9.84 Å². The number of sulfone groups is 1. The molecule has 0 aromatic carbocycles. The van der Waals surface area contributed by atoms with Gasteiger partial charge in [0.15, 0.2) is 9.84 Å². The van der Waals surface area contributed by atoms with Crippen molar-refractivity contribution in [1.29, 1.82) is 0 Å².